The number of nitrogens with zero attached hydrogens (tertiary/aromatic N) is 2. The zero-order valence-electron chi connectivity index (χ0n) is 13.4. The molecule has 0 aromatic heterocycles. The molecule has 1 aliphatic carbocycles. The predicted octanol–water partition coefficient (Wildman–Crippen LogP) is 0.772. The Morgan fingerprint density at radius 3 is 2.30 bits per heavy atom. The fourth-order valence-electron chi connectivity index (χ4n) is 2.94. The Kier molecular flexibility index (Phi) is 4.91. The van der Waals surface area contributed by atoms with Crippen molar-refractivity contribution in [3.05, 3.63) is 24.3 Å². The summed E-state index contributed by atoms with van der Waals surface area (Å²) in [6.45, 7) is 2.91. The number of β-amino-alcohol motifs (C(OH)–C–C–N with tert-alkyl or cyclic N) is 1. The first-order chi connectivity index (χ1) is 11.0. The minimum Gasteiger partial charge on any atom is -0.497 e. The normalized spacial score (nSPS) is 22.0. The molecule has 0 spiro atoms. The highest BCUT2D eigenvalue weighted by Gasteiger charge is 2.33. The van der Waals surface area contributed by atoms with E-state index < -0.39 is 10.0 Å². The minimum atomic E-state index is -3.45. The van der Waals surface area contributed by atoms with Crippen molar-refractivity contribution in [3.63, 3.8) is 0 Å². The first kappa shape index (κ1) is 16.7. The molecule has 1 aromatic carbocycles. The van der Waals surface area contributed by atoms with Gasteiger partial charge in [-0.2, -0.15) is 4.31 Å². The molecule has 1 aliphatic heterocycles. The van der Waals surface area contributed by atoms with Crippen molar-refractivity contribution >= 4 is 10.0 Å². The highest BCUT2D eigenvalue weighted by Crippen LogP contribution is 2.33. The fourth-order valence-corrected chi connectivity index (χ4v) is 4.37. The summed E-state index contributed by atoms with van der Waals surface area (Å²) < 4.78 is 31.9. The molecule has 2 fully saturated rings. The van der Waals surface area contributed by atoms with E-state index in [0.717, 1.165) is 12.8 Å². The third kappa shape index (κ3) is 3.85. The van der Waals surface area contributed by atoms with Crippen molar-refractivity contribution in [2.45, 2.75) is 23.8 Å². The number of ether oxygens (including phenoxy) is 1. The molecule has 1 atom stereocenters. The van der Waals surface area contributed by atoms with Crippen LogP contribution in [0.2, 0.25) is 0 Å². The first-order valence-corrected chi connectivity index (χ1v) is 9.49. The van der Waals surface area contributed by atoms with Crippen LogP contribution in [0.15, 0.2) is 29.2 Å². The van der Waals surface area contributed by atoms with E-state index >= 15 is 0 Å². The number of aliphatic hydroxyl groups is 1. The molecule has 3 rings (SSSR count). The van der Waals surface area contributed by atoms with E-state index in [1.54, 1.807) is 31.4 Å². The van der Waals surface area contributed by atoms with Crippen LogP contribution >= 0.6 is 0 Å². The smallest absolute Gasteiger partial charge is 0.243 e. The SMILES string of the molecule is COc1ccc(S(=O)(=O)N2CCN(C[C@@H](O)C3CC3)CC2)cc1. The Morgan fingerprint density at radius 2 is 1.78 bits per heavy atom. The van der Waals surface area contributed by atoms with E-state index in [1.807, 2.05) is 0 Å². The van der Waals surface area contributed by atoms with Crippen molar-refractivity contribution in [3.8, 4) is 5.75 Å². The lowest BCUT2D eigenvalue weighted by Crippen LogP contribution is -2.50. The molecule has 23 heavy (non-hydrogen) atoms. The fraction of sp³-hybridized carbons (Fsp3) is 0.625. The molecule has 1 N–H and O–H groups in total. The molecule has 1 aromatic rings. The molecule has 0 bridgehead atoms. The Morgan fingerprint density at radius 1 is 1.17 bits per heavy atom. The second kappa shape index (κ2) is 6.76. The standard InChI is InChI=1S/C16H24N2O4S/c1-22-14-4-6-15(7-5-14)23(20,21)18-10-8-17(9-11-18)12-16(19)13-2-3-13/h4-7,13,16,19H,2-3,8-12H2,1H3/t16-/m1/s1. The van der Waals surface area contributed by atoms with Gasteiger partial charge >= 0.3 is 0 Å². The molecule has 2 aliphatic rings. The average molecular weight is 340 g/mol. The summed E-state index contributed by atoms with van der Waals surface area (Å²) in [5.41, 5.74) is 0. The second-order valence-corrected chi connectivity index (χ2v) is 8.22. The highest BCUT2D eigenvalue weighted by atomic mass is 32.2. The van der Waals surface area contributed by atoms with E-state index in [9.17, 15) is 13.5 Å². The van der Waals surface area contributed by atoms with Gasteiger partial charge in [-0.25, -0.2) is 8.42 Å². The van der Waals surface area contributed by atoms with Crippen LogP contribution in [0.3, 0.4) is 0 Å². The van der Waals surface area contributed by atoms with Crippen LogP contribution in [-0.2, 0) is 10.0 Å². The topological polar surface area (TPSA) is 70.1 Å². The Balaban J connectivity index is 1.58. The van der Waals surface area contributed by atoms with Crippen LogP contribution in [0.4, 0.5) is 0 Å². The number of benzene rings is 1. The van der Waals surface area contributed by atoms with E-state index in [2.05, 4.69) is 4.90 Å². The van der Waals surface area contributed by atoms with Crippen LogP contribution in [0.25, 0.3) is 0 Å². The van der Waals surface area contributed by atoms with Crippen LogP contribution in [0, 0.1) is 5.92 Å². The van der Waals surface area contributed by atoms with E-state index in [0.29, 0.717) is 49.3 Å². The number of sulfonamides is 1. The maximum absolute atomic E-state index is 12.7. The van der Waals surface area contributed by atoms with Crippen molar-refractivity contribution in [2.75, 3.05) is 39.8 Å². The summed E-state index contributed by atoms with van der Waals surface area (Å²) in [7, 11) is -1.90. The predicted molar refractivity (Wildman–Crippen MR) is 86.9 cm³/mol. The number of piperazine rings is 1. The molecule has 128 valence electrons. The lowest BCUT2D eigenvalue weighted by Gasteiger charge is -2.35. The summed E-state index contributed by atoms with van der Waals surface area (Å²) in [6.07, 6.45) is 1.97. The summed E-state index contributed by atoms with van der Waals surface area (Å²) in [5.74, 6) is 1.10. The van der Waals surface area contributed by atoms with E-state index in [4.69, 9.17) is 4.74 Å². The monoisotopic (exact) mass is 340 g/mol. The first-order valence-electron chi connectivity index (χ1n) is 8.05. The number of methoxy groups -OCH3 is 1. The zero-order chi connectivity index (χ0) is 16.4. The van der Waals surface area contributed by atoms with E-state index in [1.165, 1.54) is 4.31 Å². The summed E-state index contributed by atoms with van der Waals surface area (Å²) in [4.78, 5) is 2.45. The summed E-state index contributed by atoms with van der Waals surface area (Å²) in [5, 5.41) is 10.0. The molecule has 0 radical (unpaired) electrons. The number of rotatable bonds is 6. The van der Waals surface area contributed by atoms with Gasteiger partial charge in [0.15, 0.2) is 0 Å². The highest BCUT2D eigenvalue weighted by molar-refractivity contribution is 7.89. The second-order valence-electron chi connectivity index (χ2n) is 6.29. The van der Waals surface area contributed by atoms with Gasteiger partial charge in [0.05, 0.1) is 18.1 Å². The Hall–Kier alpha value is -1.15. The maximum Gasteiger partial charge on any atom is 0.243 e. The van der Waals surface area contributed by atoms with Gasteiger partial charge in [-0.1, -0.05) is 0 Å². The molecule has 0 unspecified atom stereocenters. The molecular formula is C16H24N2O4S. The quantitative estimate of drug-likeness (QED) is 0.828. The third-order valence-corrected chi connectivity index (χ3v) is 6.55. The van der Waals surface area contributed by atoms with Gasteiger partial charge in [0.2, 0.25) is 10.0 Å². The molecule has 1 saturated heterocycles. The summed E-state index contributed by atoms with van der Waals surface area (Å²) in [6, 6.07) is 6.49. The van der Waals surface area contributed by atoms with Crippen molar-refractivity contribution in [1.29, 1.82) is 0 Å². The van der Waals surface area contributed by atoms with E-state index in [-0.39, 0.29) is 6.10 Å². The Labute approximate surface area is 137 Å². The molecule has 1 heterocycles. The van der Waals surface area contributed by atoms with Gasteiger partial charge in [-0.15, -0.1) is 0 Å². The van der Waals surface area contributed by atoms with Crippen molar-refractivity contribution in [2.24, 2.45) is 5.92 Å². The molecule has 0 amide bonds. The van der Waals surface area contributed by atoms with Gasteiger partial charge in [0, 0.05) is 32.7 Å². The van der Waals surface area contributed by atoms with Crippen LogP contribution in [0.1, 0.15) is 12.8 Å². The average Bonchev–Trinajstić information content (AvgIpc) is 3.40. The van der Waals surface area contributed by atoms with Gasteiger partial charge in [0.25, 0.3) is 0 Å². The van der Waals surface area contributed by atoms with Crippen molar-refractivity contribution in [1.82, 2.24) is 9.21 Å². The van der Waals surface area contributed by atoms with Crippen LogP contribution < -0.4 is 4.74 Å². The zero-order valence-corrected chi connectivity index (χ0v) is 14.2. The maximum atomic E-state index is 12.7. The van der Waals surface area contributed by atoms with Gasteiger partial charge in [0.1, 0.15) is 5.75 Å². The van der Waals surface area contributed by atoms with Gasteiger partial charge in [-0.3, -0.25) is 4.90 Å². The lowest BCUT2D eigenvalue weighted by atomic mass is 10.2. The van der Waals surface area contributed by atoms with Gasteiger partial charge in [-0.05, 0) is 43.0 Å². The lowest BCUT2D eigenvalue weighted by molar-refractivity contribution is 0.0782. The van der Waals surface area contributed by atoms with Crippen LogP contribution in [-0.4, -0.2) is 68.7 Å². The number of hydrogen-bond acceptors (Lipinski definition) is 5. The summed E-state index contributed by atoms with van der Waals surface area (Å²) >= 11 is 0. The molecular weight excluding hydrogens is 316 g/mol. The Bertz CT molecular complexity index is 620. The number of hydrogen-bond donors (Lipinski definition) is 1. The van der Waals surface area contributed by atoms with Crippen LogP contribution in [0.5, 0.6) is 5.75 Å². The minimum absolute atomic E-state index is 0.264. The molecule has 7 heteroatoms. The molecule has 6 nitrogen and oxygen atoms in total. The van der Waals surface area contributed by atoms with Gasteiger partial charge < -0.3 is 9.84 Å². The van der Waals surface area contributed by atoms with Crippen molar-refractivity contribution < 1.29 is 18.3 Å². The molecule has 1 saturated carbocycles. The largest absolute Gasteiger partial charge is 0.497 e. The number of aliphatic hydroxyl groups excluding tert-OH is 1. The third-order valence-electron chi connectivity index (χ3n) is 4.64.